The molecule has 5 heteroatoms. The SMILES string of the molecule is CC#N.COC(=O)C(C)(C)NC1CCC(CCCCO)CC1. The van der Waals surface area contributed by atoms with Gasteiger partial charge in [0.25, 0.3) is 0 Å². The molecule has 1 aliphatic rings. The fourth-order valence-electron chi connectivity index (χ4n) is 2.96. The summed E-state index contributed by atoms with van der Waals surface area (Å²) in [5, 5.41) is 19.5. The minimum atomic E-state index is -0.594. The van der Waals surface area contributed by atoms with Gasteiger partial charge < -0.3 is 9.84 Å². The van der Waals surface area contributed by atoms with E-state index in [0.717, 1.165) is 31.6 Å². The summed E-state index contributed by atoms with van der Waals surface area (Å²) < 4.78 is 4.82. The molecule has 2 N–H and O–H groups in total. The number of nitriles is 1. The highest BCUT2D eigenvalue weighted by Gasteiger charge is 2.32. The molecule has 0 atom stereocenters. The molecule has 0 heterocycles. The van der Waals surface area contributed by atoms with E-state index in [1.807, 2.05) is 13.8 Å². The topological polar surface area (TPSA) is 82.3 Å². The lowest BCUT2D eigenvalue weighted by Gasteiger charge is -2.34. The van der Waals surface area contributed by atoms with Gasteiger partial charge in [-0.3, -0.25) is 10.1 Å². The van der Waals surface area contributed by atoms with E-state index in [9.17, 15) is 4.79 Å². The molecule has 0 spiro atoms. The van der Waals surface area contributed by atoms with Gasteiger partial charge in [-0.2, -0.15) is 5.26 Å². The summed E-state index contributed by atoms with van der Waals surface area (Å²) in [5.74, 6) is 0.600. The van der Waals surface area contributed by atoms with Crippen LogP contribution in [0.3, 0.4) is 0 Å². The van der Waals surface area contributed by atoms with Gasteiger partial charge in [-0.15, -0.1) is 0 Å². The predicted molar refractivity (Wildman–Crippen MR) is 87.2 cm³/mol. The van der Waals surface area contributed by atoms with Gasteiger partial charge in [0.05, 0.1) is 13.2 Å². The summed E-state index contributed by atoms with van der Waals surface area (Å²) in [6.45, 7) is 5.50. The Kier molecular flexibility index (Phi) is 10.9. The van der Waals surface area contributed by atoms with Crippen LogP contribution in [0, 0.1) is 17.2 Å². The predicted octanol–water partition coefficient (Wildman–Crippen LogP) is 2.78. The molecule has 1 fully saturated rings. The zero-order valence-corrected chi connectivity index (χ0v) is 14.5. The highest BCUT2D eigenvalue weighted by Crippen LogP contribution is 2.29. The van der Waals surface area contributed by atoms with E-state index in [1.165, 1.54) is 33.3 Å². The average molecular weight is 312 g/mol. The number of ether oxygens (including phenoxy) is 1. The molecular formula is C17H32N2O3. The average Bonchev–Trinajstić information content (AvgIpc) is 2.49. The number of carbonyl (C=O) groups is 1. The molecule has 0 bridgehead atoms. The van der Waals surface area contributed by atoms with Crippen LogP contribution in [0.5, 0.6) is 0 Å². The Morgan fingerprint density at radius 3 is 2.32 bits per heavy atom. The summed E-state index contributed by atoms with van der Waals surface area (Å²) in [4.78, 5) is 11.6. The van der Waals surface area contributed by atoms with Crippen LogP contribution in [-0.4, -0.2) is 36.4 Å². The lowest BCUT2D eigenvalue weighted by Crippen LogP contribution is -2.52. The third-order valence-corrected chi connectivity index (χ3v) is 4.13. The Bertz CT molecular complexity index is 342. The second-order valence-electron chi connectivity index (χ2n) is 6.42. The molecule has 0 amide bonds. The van der Waals surface area contributed by atoms with Crippen molar-refractivity contribution in [3.8, 4) is 6.07 Å². The Hall–Kier alpha value is -1.12. The first-order chi connectivity index (χ1) is 10.4. The number of nitrogens with one attached hydrogen (secondary N) is 1. The molecule has 0 radical (unpaired) electrons. The standard InChI is InChI=1S/C15H29NO3.C2H3N/c1-15(2,14(18)19-3)16-13-9-7-12(8-10-13)6-4-5-11-17;1-2-3/h12-13,16-17H,4-11H2,1-3H3;1H3. The molecular weight excluding hydrogens is 280 g/mol. The van der Waals surface area contributed by atoms with Crippen LogP contribution in [0.25, 0.3) is 0 Å². The van der Waals surface area contributed by atoms with Gasteiger partial charge in [0.2, 0.25) is 0 Å². The van der Waals surface area contributed by atoms with E-state index in [2.05, 4.69) is 5.32 Å². The first kappa shape index (κ1) is 20.9. The van der Waals surface area contributed by atoms with Crippen molar-refractivity contribution in [2.45, 2.75) is 77.3 Å². The summed E-state index contributed by atoms with van der Waals surface area (Å²) in [5.41, 5.74) is -0.594. The molecule has 0 saturated heterocycles. The maximum Gasteiger partial charge on any atom is 0.325 e. The number of aliphatic hydroxyl groups excluding tert-OH is 1. The largest absolute Gasteiger partial charge is 0.468 e. The second kappa shape index (κ2) is 11.4. The lowest BCUT2D eigenvalue weighted by atomic mass is 9.82. The number of carbonyl (C=O) groups excluding carboxylic acids is 1. The van der Waals surface area contributed by atoms with Gasteiger partial charge in [-0.1, -0.05) is 12.8 Å². The normalized spacial score (nSPS) is 21.3. The fourth-order valence-corrected chi connectivity index (χ4v) is 2.96. The van der Waals surface area contributed by atoms with Crippen LogP contribution in [0.15, 0.2) is 0 Å². The molecule has 0 aromatic heterocycles. The van der Waals surface area contributed by atoms with E-state index in [-0.39, 0.29) is 5.97 Å². The number of unbranched alkanes of at least 4 members (excludes halogenated alkanes) is 1. The highest BCUT2D eigenvalue weighted by atomic mass is 16.5. The zero-order chi connectivity index (χ0) is 17.0. The number of rotatable bonds is 7. The molecule has 1 aliphatic carbocycles. The Morgan fingerprint density at radius 2 is 1.86 bits per heavy atom. The molecule has 0 aromatic carbocycles. The zero-order valence-electron chi connectivity index (χ0n) is 14.5. The van der Waals surface area contributed by atoms with Crippen molar-refractivity contribution < 1.29 is 14.6 Å². The van der Waals surface area contributed by atoms with Crippen LogP contribution in [0.2, 0.25) is 0 Å². The van der Waals surface area contributed by atoms with Crippen LogP contribution in [0.4, 0.5) is 0 Å². The smallest absolute Gasteiger partial charge is 0.325 e. The third kappa shape index (κ3) is 8.35. The van der Waals surface area contributed by atoms with Crippen molar-refractivity contribution in [3.63, 3.8) is 0 Å². The maximum absolute atomic E-state index is 11.6. The number of methoxy groups -OCH3 is 1. The van der Waals surface area contributed by atoms with Gasteiger partial charge in [0.1, 0.15) is 5.54 Å². The van der Waals surface area contributed by atoms with Crippen molar-refractivity contribution >= 4 is 5.97 Å². The maximum atomic E-state index is 11.6. The molecule has 1 saturated carbocycles. The first-order valence-corrected chi connectivity index (χ1v) is 8.19. The van der Waals surface area contributed by atoms with Gasteiger partial charge in [-0.05, 0) is 51.9 Å². The van der Waals surface area contributed by atoms with Crippen molar-refractivity contribution in [3.05, 3.63) is 0 Å². The van der Waals surface area contributed by atoms with Crippen molar-refractivity contribution in [1.29, 1.82) is 5.26 Å². The number of hydrogen-bond donors (Lipinski definition) is 2. The van der Waals surface area contributed by atoms with Gasteiger partial charge >= 0.3 is 5.97 Å². The second-order valence-corrected chi connectivity index (χ2v) is 6.42. The number of esters is 1. The van der Waals surface area contributed by atoms with Crippen LogP contribution in [-0.2, 0) is 9.53 Å². The molecule has 0 aliphatic heterocycles. The molecule has 5 nitrogen and oxygen atoms in total. The Morgan fingerprint density at radius 1 is 1.32 bits per heavy atom. The van der Waals surface area contributed by atoms with E-state index in [4.69, 9.17) is 15.1 Å². The van der Waals surface area contributed by atoms with Crippen LogP contribution in [0.1, 0.15) is 65.7 Å². The molecule has 0 aromatic rings. The van der Waals surface area contributed by atoms with Gasteiger partial charge in [-0.25, -0.2) is 0 Å². The Labute approximate surface area is 135 Å². The van der Waals surface area contributed by atoms with Gasteiger partial charge in [0.15, 0.2) is 0 Å². The van der Waals surface area contributed by atoms with Gasteiger partial charge in [0, 0.05) is 19.6 Å². The van der Waals surface area contributed by atoms with Crippen LogP contribution < -0.4 is 5.32 Å². The third-order valence-electron chi connectivity index (χ3n) is 4.13. The fraction of sp³-hybridized carbons (Fsp3) is 0.882. The minimum absolute atomic E-state index is 0.197. The highest BCUT2D eigenvalue weighted by molar-refractivity contribution is 5.79. The summed E-state index contributed by atoms with van der Waals surface area (Å²) >= 11 is 0. The summed E-state index contributed by atoms with van der Waals surface area (Å²) in [7, 11) is 1.43. The number of hydrogen-bond acceptors (Lipinski definition) is 5. The van der Waals surface area contributed by atoms with Crippen molar-refractivity contribution in [2.24, 2.45) is 5.92 Å². The molecule has 1 rings (SSSR count). The van der Waals surface area contributed by atoms with E-state index < -0.39 is 5.54 Å². The molecule has 22 heavy (non-hydrogen) atoms. The van der Waals surface area contributed by atoms with Crippen LogP contribution >= 0.6 is 0 Å². The lowest BCUT2D eigenvalue weighted by molar-refractivity contribution is -0.147. The summed E-state index contributed by atoms with van der Waals surface area (Å²) in [6.07, 6.45) is 7.99. The number of aliphatic hydroxyl groups is 1. The number of nitrogens with zero attached hydrogens (tertiary/aromatic N) is 1. The quantitative estimate of drug-likeness (QED) is 0.558. The molecule has 0 unspecified atom stereocenters. The summed E-state index contributed by atoms with van der Waals surface area (Å²) in [6, 6.07) is 2.17. The Balaban J connectivity index is 0.00000135. The first-order valence-electron chi connectivity index (χ1n) is 8.19. The van der Waals surface area contributed by atoms with Crippen molar-refractivity contribution in [2.75, 3.05) is 13.7 Å². The van der Waals surface area contributed by atoms with E-state index in [1.54, 1.807) is 6.07 Å². The molecule has 128 valence electrons. The van der Waals surface area contributed by atoms with Crippen molar-refractivity contribution in [1.82, 2.24) is 5.32 Å². The van der Waals surface area contributed by atoms with E-state index in [0.29, 0.717) is 12.6 Å². The minimum Gasteiger partial charge on any atom is -0.468 e. The van der Waals surface area contributed by atoms with E-state index >= 15 is 0 Å². The monoisotopic (exact) mass is 312 g/mol.